The van der Waals surface area contributed by atoms with Crippen molar-refractivity contribution in [3.63, 3.8) is 0 Å². The number of allylic oxidation sites excluding steroid dienone is 2. The minimum atomic E-state index is -1.22. The highest BCUT2D eigenvalue weighted by Gasteiger charge is 2.38. The highest BCUT2D eigenvalue weighted by atomic mass is 16.6. The molecule has 0 bridgehead atoms. The second-order valence-electron chi connectivity index (χ2n) is 15.8. The third-order valence-corrected chi connectivity index (χ3v) is 10.5. The van der Waals surface area contributed by atoms with E-state index in [-0.39, 0.29) is 45.9 Å². The lowest BCUT2D eigenvalue weighted by molar-refractivity contribution is -0.0189. The van der Waals surface area contributed by atoms with Gasteiger partial charge in [-0.15, -0.1) is 0 Å². The van der Waals surface area contributed by atoms with E-state index in [1.54, 1.807) is 0 Å². The average molecular weight is 751 g/mol. The zero-order valence-electron chi connectivity index (χ0n) is 32.3. The molecule has 8 N–H and O–H groups in total. The van der Waals surface area contributed by atoms with Crippen molar-refractivity contribution in [1.29, 1.82) is 0 Å². The maximum Gasteiger partial charge on any atom is 0.338 e. The predicted molar refractivity (Wildman–Crippen MR) is 206 cm³/mol. The van der Waals surface area contributed by atoms with E-state index in [1.165, 1.54) is 44.6 Å². The van der Waals surface area contributed by atoms with Crippen LogP contribution in [0, 0.1) is 17.8 Å². The fourth-order valence-electron chi connectivity index (χ4n) is 7.37. The molecule has 0 saturated carbocycles. The van der Waals surface area contributed by atoms with Gasteiger partial charge >= 0.3 is 5.97 Å². The standard InChI is InChI=1S/C43H58O11/c1-23(2)10-7-11-24(3)12-8-13-25(4)14-9-15-26(5)16-27(6)38-31(44)22-36-30(39(38)49)21-37(42(53-36)28-17-32(45)40(50)33(46)18-28)54-43(52)29-19-34(47)41(51)35(48)20-29/h16-20,22-25,27,37,42,44-51H,7-15,21H2,1-6H3/b26-16+/t24?,25?,27?,37-,42-/m1/s1. The Balaban J connectivity index is 1.48. The molecule has 11 heteroatoms. The van der Waals surface area contributed by atoms with Crippen LogP contribution in [0.4, 0.5) is 0 Å². The van der Waals surface area contributed by atoms with E-state index in [0.29, 0.717) is 5.92 Å². The number of aromatic hydroxyl groups is 8. The molecule has 1 aliphatic rings. The van der Waals surface area contributed by atoms with Gasteiger partial charge in [0.15, 0.2) is 40.6 Å². The number of benzene rings is 3. The normalized spacial score (nSPS) is 17.4. The summed E-state index contributed by atoms with van der Waals surface area (Å²) in [6, 6.07) is 5.40. The quantitative estimate of drug-likeness (QED) is 0.0371. The van der Waals surface area contributed by atoms with Gasteiger partial charge in [-0.25, -0.2) is 4.79 Å². The summed E-state index contributed by atoms with van der Waals surface area (Å²) in [5, 5.41) is 82.8. The van der Waals surface area contributed by atoms with Gasteiger partial charge < -0.3 is 50.3 Å². The van der Waals surface area contributed by atoms with E-state index in [2.05, 4.69) is 27.7 Å². The largest absolute Gasteiger partial charge is 0.507 e. The molecule has 4 rings (SSSR count). The number of rotatable bonds is 17. The van der Waals surface area contributed by atoms with Crippen LogP contribution in [0.5, 0.6) is 51.7 Å². The van der Waals surface area contributed by atoms with Gasteiger partial charge in [-0.05, 0) is 61.8 Å². The lowest BCUT2D eigenvalue weighted by Gasteiger charge is -2.35. The molecule has 1 heterocycles. The zero-order chi connectivity index (χ0) is 39.9. The summed E-state index contributed by atoms with van der Waals surface area (Å²) >= 11 is 0. The monoisotopic (exact) mass is 750 g/mol. The molecule has 0 amide bonds. The number of esters is 1. The number of hydrogen-bond acceptors (Lipinski definition) is 11. The van der Waals surface area contributed by atoms with E-state index < -0.39 is 58.6 Å². The Morgan fingerprint density at radius 1 is 0.722 bits per heavy atom. The van der Waals surface area contributed by atoms with Gasteiger partial charge in [0, 0.05) is 35.1 Å². The molecule has 0 fully saturated rings. The first-order valence-corrected chi connectivity index (χ1v) is 19.1. The van der Waals surface area contributed by atoms with Crippen LogP contribution < -0.4 is 4.74 Å². The predicted octanol–water partition coefficient (Wildman–Crippen LogP) is 9.72. The molecule has 296 valence electrons. The number of carbonyl (C=O) groups excluding carboxylic acids is 1. The lowest BCUT2D eigenvalue weighted by Crippen LogP contribution is -2.35. The third-order valence-electron chi connectivity index (χ3n) is 10.5. The number of phenols is 8. The third kappa shape index (κ3) is 10.6. The fraction of sp³-hybridized carbons (Fsp3) is 0.512. The molecule has 3 aromatic carbocycles. The van der Waals surface area contributed by atoms with Gasteiger partial charge in [-0.1, -0.05) is 91.2 Å². The summed E-state index contributed by atoms with van der Waals surface area (Å²) < 4.78 is 11.9. The Morgan fingerprint density at radius 3 is 1.80 bits per heavy atom. The Bertz CT molecular complexity index is 1750. The summed E-state index contributed by atoms with van der Waals surface area (Å²) in [7, 11) is 0. The van der Waals surface area contributed by atoms with Crippen LogP contribution >= 0.6 is 0 Å². The van der Waals surface area contributed by atoms with Crippen molar-refractivity contribution in [2.75, 3.05) is 0 Å². The smallest absolute Gasteiger partial charge is 0.338 e. The second kappa shape index (κ2) is 18.4. The minimum absolute atomic E-state index is 0.0740. The Hall–Kier alpha value is -4.93. The van der Waals surface area contributed by atoms with Crippen molar-refractivity contribution in [3.8, 4) is 51.7 Å². The number of carbonyl (C=O) groups is 1. The van der Waals surface area contributed by atoms with Crippen molar-refractivity contribution < 1.29 is 55.1 Å². The van der Waals surface area contributed by atoms with E-state index >= 15 is 0 Å². The van der Waals surface area contributed by atoms with Gasteiger partial charge in [-0.2, -0.15) is 0 Å². The lowest BCUT2D eigenvalue weighted by atomic mass is 9.88. The summed E-state index contributed by atoms with van der Waals surface area (Å²) in [5.41, 5.74) is 1.43. The van der Waals surface area contributed by atoms with E-state index in [9.17, 15) is 45.6 Å². The SMILES string of the molecule is C/C(=C\C(C)c1c(O)cc2c(c1O)C[C@@H](OC(=O)c1cc(O)c(O)c(O)c1)[C@@H](c1cc(O)c(O)c(O)c1)O2)CCCC(C)CCCC(C)CCCC(C)C. The van der Waals surface area contributed by atoms with E-state index in [4.69, 9.17) is 9.47 Å². The van der Waals surface area contributed by atoms with Crippen molar-refractivity contribution in [2.24, 2.45) is 17.8 Å². The van der Waals surface area contributed by atoms with Crippen molar-refractivity contribution in [1.82, 2.24) is 0 Å². The molecular formula is C43H58O11. The summed E-state index contributed by atoms with van der Waals surface area (Å²) in [4.78, 5) is 13.3. The van der Waals surface area contributed by atoms with Crippen LogP contribution in [0.1, 0.15) is 138 Å². The van der Waals surface area contributed by atoms with Crippen LogP contribution in [0.2, 0.25) is 0 Å². The van der Waals surface area contributed by atoms with Gasteiger partial charge in [0.2, 0.25) is 0 Å². The Labute approximate surface area is 318 Å². The van der Waals surface area contributed by atoms with Crippen LogP contribution in [0.15, 0.2) is 42.0 Å². The molecular weight excluding hydrogens is 692 g/mol. The molecule has 3 unspecified atom stereocenters. The topological polar surface area (TPSA) is 197 Å². The maximum absolute atomic E-state index is 13.3. The average Bonchev–Trinajstić information content (AvgIpc) is 3.08. The second-order valence-corrected chi connectivity index (χ2v) is 15.8. The van der Waals surface area contributed by atoms with Gasteiger partial charge in [-0.3, -0.25) is 0 Å². The first-order chi connectivity index (χ1) is 25.5. The van der Waals surface area contributed by atoms with Crippen LogP contribution in [0.3, 0.4) is 0 Å². The van der Waals surface area contributed by atoms with Crippen LogP contribution in [0.25, 0.3) is 0 Å². The molecule has 54 heavy (non-hydrogen) atoms. The minimum Gasteiger partial charge on any atom is -0.507 e. The highest BCUT2D eigenvalue weighted by molar-refractivity contribution is 5.91. The van der Waals surface area contributed by atoms with Crippen molar-refractivity contribution in [3.05, 3.63) is 64.2 Å². The summed E-state index contributed by atoms with van der Waals surface area (Å²) in [6.45, 7) is 13.2. The summed E-state index contributed by atoms with van der Waals surface area (Å²) in [5.74, 6) is -4.05. The molecule has 0 spiro atoms. The molecule has 1 aliphatic heterocycles. The molecule has 0 aromatic heterocycles. The number of ether oxygens (including phenoxy) is 2. The van der Waals surface area contributed by atoms with Gasteiger partial charge in [0.1, 0.15) is 23.4 Å². The number of phenolic OH excluding ortho intramolecular Hbond substituents is 8. The van der Waals surface area contributed by atoms with Crippen LogP contribution in [-0.4, -0.2) is 52.9 Å². The Morgan fingerprint density at radius 2 is 1.24 bits per heavy atom. The van der Waals surface area contributed by atoms with Gasteiger partial charge in [0.25, 0.3) is 0 Å². The van der Waals surface area contributed by atoms with Crippen molar-refractivity contribution >= 4 is 5.97 Å². The molecule has 11 nitrogen and oxygen atoms in total. The zero-order valence-corrected chi connectivity index (χ0v) is 32.3. The number of hydrogen-bond donors (Lipinski definition) is 8. The number of fused-ring (bicyclic) bond motifs is 1. The highest BCUT2D eigenvalue weighted by Crippen LogP contribution is 2.49. The molecule has 0 saturated heterocycles. The van der Waals surface area contributed by atoms with Gasteiger partial charge in [0.05, 0.1) is 5.56 Å². The van der Waals surface area contributed by atoms with E-state index in [1.807, 2.05) is 19.9 Å². The molecule has 0 aliphatic carbocycles. The fourth-order valence-corrected chi connectivity index (χ4v) is 7.37. The van der Waals surface area contributed by atoms with E-state index in [0.717, 1.165) is 60.9 Å². The maximum atomic E-state index is 13.3. The van der Waals surface area contributed by atoms with Crippen molar-refractivity contribution in [2.45, 2.75) is 124 Å². The summed E-state index contributed by atoms with van der Waals surface area (Å²) in [6.07, 6.45) is 10.1. The first kappa shape index (κ1) is 41.8. The molecule has 0 radical (unpaired) electrons. The molecule has 5 atom stereocenters. The Kier molecular flexibility index (Phi) is 14.3. The van der Waals surface area contributed by atoms with Crippen LogP contribution in [-0.2, 0) is 11.2 Å². The molecule has 3 aromatic rings. The first-order valence-electron chi connectivity index (χ1n) is 19.1.